The number of azo groups is 1. The summed E-state index contributed by atoms with van der Waals surface area (Å²) in [6.45, 7) is 0. The molecule has 0 saturated carbocycles. The van der Waals surface area contributed by atoms with E-state index in [2.05, 4.69) is 10.2 Å². The minimum atomic E-state index is -5.01. The fourth-order valence-electron chi connectivity index (χ4n) is 4.23. The van der Waals surface area contributed by atoms with Crippen LogP contribution in [0.25, 0.3) is 27.7 Å². The summed E-state index contributed by atoms with van der Waals surface area (Å²) in [5.41, 5.74) is -1.64. The first-order valence-corrected chi connectivity index (χ1v) is 11.4. The Hall–Kier alpha value is -5.26. The van der Waals surface area contributed by atoms with Crippen molar-refractivity contribution < 1.29 is 42.1 Å². The van der Waals surface area contributed by atoms with Crippen LogP contribution in [-0.4, -0.2) is 25.9 Å². The Labute approximate surface area is 221 Å². The van der Waals surface area contributed by atoms with E-state index in [1.807, 2.05) is 0 Å². The molecule has 12 heteroatoms. The smallest absolute Gasteiger partial charge is 0.419 e. The molecule has 0 saturated heterocycles. The quantitative estimate of drug-likeness (QED) is 0.151. The van der Waals surface area contributed by atoms with Gasteiger partial charge in [0.2, 0.25) is 5.88 Å². The molecule has 7 nitrogen and oxygen atoms in total. The second kappa shape index (κ2) is 9.80. The van der Waals surface area contributed by atoms with Crippen LogP contribution in [0.1, 0.15) is 15.9 Å². The third-order valence-electron chi connectivity index (χ3n) is 6.08. The van der Waals surface area contributed by atoms with Gasteiger partial charge in [-0.05, 0) is 60.2 Å². The van der Waals surface area contributed by atoms with Crippen molar-refractivity contribution in [3.05, 3.63) is 102 Å². The summed E-state index contributed by atoms with van der Waals surface area (Å²) in [5, 5.41) is 38.9. The van der Waals surface area contributed by atoms with Crippen LogP contribution in [0, 0.1) is 11.6 Å². The molecule has 3 N–H and O–H groups in total. The van der Waals surface area contributed by atoms with Crippen molar-refractivity contribution in [1.29, 1.82) is 0 Å². The van der Waals surface area contributed by atoms with E-state index in [1.165, 1.54) is 42.5 Å². The number of rotatable bonds is 5. The summed E-state index contributed by atoms with van der Waals surface area (Å²) in [6.07, 6.45) is -5.01. The van der Waals surface area contributed by atoms with Gasteiger partial charge in [-0.2, -0.15) is 13.2 Å². The number of carboxylic acids is 1. The van der Waals surface area contributed by atoms with Crippen molar-refractivity contribution in [3.63, 3.8) is 0 Å². The van der Waals surface area contributed by atoms with Gasteiger partial charge in [-0.15, -0.1) is 10.2 Å². The molecule has 0 bridgehead atoms. The molecular weight excluding hydrogens is 537 g/mol. The molecule has 5 aromatic rings. The second-order valence-corrected chi connectivity index (χ2v) is 8.59. The molecule has 0 atom stereocenters. The molecule has 5 rings (SSSR count). The number of fused-ring (bicyclic) bond motifs is 1. The highest BCUT2D eigenvalue weighted by atomic mass is 19.4. The number of alkyl halides is 3. The number of carboxylic acid groups (broad SMARTS) is 1. The molecule has 0 amide bonds. The maximum atomic E-state index is 14.1. The Bertz CT molecular complexity index is 1830. The van der Waals surface area contributed by atoms with E-state index in [1.54, 1.807) is 6.07 Å². The monoisotopic (exact) mass is 553 g/mol. The number of aromatic hydroxyl groups is 2. The second-order valence-electron chi connectivity index (χ2n) is 8.59. The number of aromatic nitrogens is 1. The molecule has 1 aromatic heterocycles. The third-order valence-corrected chi connectivity index (χ3v) is 6.08. The lowest BCUT2D eigenvalue weighted by atomic mass is 10.0. The van der Waals surface area contributed by atoms with Gasteiger partial charge >= 0.3 is 12.1 Å². The highest BCUT2D eigenvalue weighted by Gasteiger charge is 2.35. The average Bonchev–Trinajstić information content (AvgIpc) is 3.18. The van der Waals surface area contributed by atoms with Gasteiger partial charge in [0.15, 0.2) is 11.4 Å². The molecule has 0 aliphatic carbocycles. The summed E-state index contributed by atoms with van der Waals surface area (Å²) < 4.78 is 69.0. The fraction of sp³-hybridized carbons (Fsp3) is 0.0357. The molecule has 0 aliphatic heterocycles. The standard InChI is InChI=1S/C28H16F5N3O4/c29-16-7-10-23-19(12-16)24(26(38)36(23)17-8-9-21(30)20(13-17)28(31,32)33)35-34-22-6-2-5-18(25(22)37)14-3-1-4-15(11-14)27(39)40/h1-13,37-38H,(H,39,40). The molecule has 0 fully saturated rings. The van der Waals surface area contributed by atoms with Gasteiger partial charge in [0.25, 0.3) is 0 Å². The number of carbonyl (C=O) groups is 1. The van der Waals surface area contributed by atoms with Gasteiger partial charge in [-0.3, -0.25) is 4.57 Å². The Morgan fingerprint density at radius 1 is 0.850 bits per heavy atom. The van der Waals surface area contributed by atoms with Crippen LogP contribution in [0.2, 0.25) is 0 Å². The lowest BCUT2D eigenvalue weighted by molar-refractivity contribution is -0.140. The number of hydrogen-bond donors (Lipinski definition) is 3. The van der Waals surface area contributed by atoms with E-state index >= 15 is 0 Å². The summed E-state index contributed by atoms with van der Waals surface area (Å²) in [7, 11) is 0. The highest BCUT2D eigenvalue weighted by molar-refractivity contribution is 5.96. The van der Waals surface area contributed by atoms with Gasteiger partial charge < -0.3 is 15.3 Å². The predicted octanol–water partition coefficient (Wildman–Crippen LogP) is 8.12. The predicted molar refractivity (Wildman–Crippen MR) is 135 cm³/mol. The minimum absolute atomic E-state index is 0.0156. The number of phenolic OH excluding ortho intramolecular Hbond substituents is 1. The zero-order valence-corrected chi connectivity index (χ0v) is 20.0. The largest absolute Gasteiger partial charge is 0.505 e. The Balaban J connectivity index is 1.64. The minimum Gasteiger partial charge on any atom is -0.505 e. The maximum absolute atomic E-state index is 14.1. The van der Waals surface area contributed by atoms with Crippen molar-refractivity contribution >= 4 is 28.2 Å². The van der Waals surface area contributed by atoms with E-state index in [0.29, 0.717) is 17.7 Å². The van der Waals surface area contributed by atoms with Crippen molar-refractivity contribution in [3.8, 4) is 28.4 Å². The van der Waals surface area contributed by atoms with E-state index in [0.717, 1.165) is 22.8 Å². The number of para-hydroxylation sites is 1. The topological polar surface area (TPSA) is 107 Å². The van der Waals surface area contributed by atoms with E-state index in [4.69, 9.17) is 0 Å². The molecule has 4 aromatic carbocycles. The van der Waals surface area contributed by atoms with E-state index < -0.39 is 35.2 Å². The Morgan fingerprint density at radius 2 is 1.60 bits per heavy atom. The zero-order valence-electron chi connectivity index (χ0n) is 20.0. The van der Waals surface area contributed by atoms with Crippen LogP contribution in [0.15, 0.2) is 89.1 Å². The summed E-state index contributed by atoms with van der Waals surface area (Å²) in [4.78, 5) is 11.3. The van der Waals surface area contributed by atoms with Crippen molar-refractivity contribution in [1.82, 2.24) is 4.57 Å². The number of phenols is 1. The zero-order chi connectivity index (χ0) is 28.8. The van der Waals surface area contributed by atoms with Gasteiger partial charge in [0, 0.05) is 16.6 Å². The molecule has 202 valence electrons. The first kappa shape index (κ1) is 26.4. The third kappa shape index (κ3) is 4.70. The lowest BCUT2D eigenvalue weighted by Gasteiger charge is -2.12. The molecule has 0 radical (unpaired) electrons. The van der Waals surface area contributed by atoms with Crippen LogP contribution >= 0.6 is 0 Å². The number of aromatic carboxylic acids is 1. The van der Waals surface area contributed by atoms with Crippen LogP contribution in [0.4, 0.5) is 33.3 Å². The molecule has 0 aliphatic rings. The number of halogens is 5. The molecule has 0 spiro atoms. The summed E-state index contributed by atoms with van der Waals surface area (Å²) >= 11 is 0. The van der Waals surface area contributed by atoms with Crippen LogP contribution in [-0.2, 0) is 6.18 Å². The number of hydrogen-bond acceptors (Lipinski definition) is 5. The van der Waals surface area contributed by atoms with Crippen LogP contribution < -0.4 is 0 Å². The van der Waals surface area contributed by atoms with Crippen molar-refractivity contribution in [2.45, 2.75) is 6.18 Å². The molecule has 1 heterocycles. The normalized spacial score (nSPS) is 11.9. The maximum Gasteiger partial charge on any atom is 0.419 e. The number of benzene rings is 4. The molecule has 40 heavy (non-hydrogen) atoms. The van der Waals surface area contributed by atoms with E-state index in [9.17, 15) is 42.1 Å². The Kier molecular flexibility index (Phi) is 6.46. The first-order chi connectivity index (χ1) is 19.0. The highest BCUT2D eigenvalue weighted by Crippen LogP contribution is 2.44. The SMILES string of the molecule is O=C(O)c1cccc(-c2cccc(N=Nc3c(O)n(-c4ccc(F)c(C(F)(F)F)c4)c4ccc(F)cc34)c2O)c1. The van der Waals surface area contributed by atoms with Gasteiger partial charge in [0.1, 0.15) is 17.3 Å². The van der Waals surface area contributed by atoms with Crippen molar-refractivity contribution in [2.24, 2.45) is 10.2 Å². The van der Waals surface area contributed by atoms with Crippen LogP contribution in [0.3, 0.4) is 0 Å². The molecular formula is C28H16F5N3O4. The van der Waals surface area contributed by atoms with Gasteiger partial charge in [0.05, 0.1) is 16.6 Å². The molecule has 0 unspecified atom stereocenters. The van der Waals surface area contributed by atoms with Gasteiger partial charge in [-0.25, -0.2) is 13.6 Å². The fourth-order valence-corrected chi connectivity index (χ4v) is 4.23. The van der Waals surface area contributed by atoms with Crippen LogP contribution in [0.5, 0.6) is 11.6 Å². The number of nitrogens with zero attached hydrogens (tertiary/aromatic N) is 3. The van der Waals surface area contributed by atoms with Gasteiger partial charge in [-0.1, -0.05) is 24.3 Å². The lowest BCUT2D eigenvalue weighted by Crippen LogP contribution is -2.09. The average molecular weight is 553 g/mol. The Morgan fingerprint density at radius 3 is 2.33 bits per heavy atom. The van der Waals surface area contributed by atoms with E-state index in [-0.39, 0.29) is 44.8 Å². The van der Waals surface area contributed by atoms with Crippen molar-refractivity contribution in [2.75, 3.05) is 0 Å². The first-order valence-electron chi connectivity index (χ1n) is 11.4. The summed E-state index contributed by atoms with van der Waals surface area (Å²) in [5.74, 6) is -4.51. The summed E-state index contributed by atoms with van der Waals surface area (Å²) in [6, 6.07) is 15.5.